The number of para-hydroxylation sites is 2. The van der Waals surface area contributed by atoms with Gasteiger partial charge in [-0.15, -0.1) is 0 Å². The Kier molecular flexibility index (Phi) is 3.23. The highest BCUT2D eigenvalue weighted by atomic mass is 16.3. The molecule has 1 heterocycles. The van der Waals surface area contributed by atoms with Crippen molar-refractivity contribution in [3.8, 4) is 0 Å². The van der Waals surface area contributed by atoms with Crippen molar-refractivity contribution in [3.63, 3.8) is 0 Å². The Hall–Kier alpha value is -2.95. The van der Waals surface area contributed by atoms with E-state index in [0.29, 0.717) is 11.0 Å². The molecule has 0 saturated carbocycles. The van der Waals surface area contributed by atoms with Gasteiger partial charge in [0.15, 0.2) is 5.78 Å². The molecule has 0 bridgehead atoms. The number of H-pyrrole nitrogens is 1. The fourth-order valence-corrected chi connectivity index (χ4v) is 2.14. The molecule has 0 amide bonds. The molecule has 1 atom stereocenters. The van der Waals surface area contributed by atoms with Crippen LogP contribution in [-0.2, 0) is 4.79 Å². The highest BCUT2D eigenvalue weighted by Crippen LogP contribution is 2.17. The van der Waals surface area contributed by atoms with Crippen LogP contribution in [-0.4, -0.2) is 20.9 Å². The molecule has 0 spiro atoms. The van der Waals surface area contributed by atoms with Gasteiger partial charge < -0.3 is 10.1 Å². The molecule has 5 heteroatoms. The van der Waals surface area contributed by atoms with Crippen molar-refractivity contribution in [1.29, 1.82) is 0 Å². The standard InChI is InChI=1S/C16H12N2O3/c19-14-8-4-1-5-10(14)15(20)9-13-16(21)18-12-7-3-2-6-11(12)17-13/h1-10,20H,(H,18,21)/b15-9-. The van der Waals surface area contributed by atoms with Crippen molar-refractivity contribution in [2.75, 3.05) is 0 Å². The Morgan fingerprint density at radius 3 is 2.86 bits per heavy atom. The van der Waals surface area contributed by atoms with Crippen molar-refractivity contribution >= 4 is 22.9 Å². The summed E-state index contributed by atoms with van der Waals surface area (Å²) in [6.45, 7) is 0. The van der Waals surface area contributed by atoms with Crippen molar-refractivity contribution in [2.24, 2.45) is 5.92 Å². The van der Waals surface area contributed by atoms with Crippen molar-refractivity contribution < 1.29 is 9.90 Å². The molecule has 0 radical (unpaired) electrons. The summed E-state index contributed by atoms with van der Waals surface area (Å²) in [4.78, 5) is 30.5. The van der Waals surface area contributed by atoms with E-state index in [9.17, 15) is 14.7 Å². The first-order chi connectivity index (χ1) is 10.1. The number of hydrogen-bond donors (Lipinski definition) is 2. The maximum atomic E-state index is 11.9. The van der Waals surface area contributed by atoms with Gasteiger partial charge >= 0.3 is 0 Å². The number of fused-ring (bicyclic) bond motifs is 1. The minimum absolute atomic E-state index is 0.0713. The predicted molar refractivity (Wildman–Crippen MR) is 79.7 cm³/mol. The number of nitrogens with zero attached hydrogens (tertiary/aromatic N) is 1. The lowest BCUT2D eigenvalue weighted by molar-refractivity contribution is -0.116. The maximum absolute atomic E-state index is 11.9. The van der Waals surface area contributed by atoms with E-state index in [0.717, 1.165) is 0 Å². The van der Waals surface area contributed by atoms with E-state index < -0.39 is 11.5 Å². The summed E-state index contributed by atoms with van der Waals surface area (Å²) in [5.74, 6) is -1.19. The Bertz CT molecular complexity index is 859. The molecular weight excluding hydrogens is 268 g/mol. The van der Waals surface area contributed by atoms with Crippen LogP contribution < -0.4 is 5.56 Å². The first-order valence-corrected chi connectivity index (χ1v) is 6.43. The number of carbonyl (C=O) groups excluding carboxylic acids is 1. The summed E-state index contributed by atoms with van der Waals surface area (Å²) in [7, 11) is 0. The number of benzene rings is 1. The van der Waals surface area contributed by atoms with Crippen LogP contribution in [0.2, 0.25) is 0 Å². The number of aliphatic hydroxyl groups excluding tert-OH is 1. The quantitative estimate of drug-likeness (QED) is 0.825. The fraction of sp³-hybridized carbons (Fsp3) is 0.0625. The lowest BCUT2D eigenvalue weighted by atomic mass is 9.96. The number of allylic oxidation sites excluding steroid dienone is 4. The van der Waals surface area contributed by atoms with E-state index >= 15 is 0 Å². The second-order valence-electron chi connectivity index (χ2n) is 4.66. The number of aromatic amines is 1. The molecule has 0 aliphatic heterocycles. The predicted octanol–water partition coefficient (Wildman–Crippen LogP) is 2.13. The van der Waals surface area contributed by atoms with Crippen LogP contribution in [0.4, 0.5) is 0 Å². The minimum Gasteiger partial charge on any atom is -0.511 e. The van der Waals surface area contributed by atoms with Crippen LogP contribution in [0, 0.1) is 5.92 Å². The fourth-order valence-electron chi connectivity index (χ4n) is 2.14. The zero-order valence-electron chi connectivity index (χ0n) is 11.0. The van der Waals surface area contributed by atoms with E-state index in [1.807, 2.05) is 0 Å². The largest absolute Gasteiger partial charge is 0.511 e. The molecule has 1 aliphatic carbocycles. The van der Waals surface area contributed by atoms with E-state index in [1.54, 1.807) is 42.5 Å². The third kappa shape index (κ3) is 2.53. The van der Waals surface area contributed by atoms with E-state index in [1.165, 1.54) is 12.2 Å². The molecule has 2 N–H and O–H groups in total. The number of nitrogens with one attached hydrogen (secondary N) is 1. The summed E-state index contributed by atoms with van der Waals surface area (Å²) in [6.07, 6.45) is 7.47. The Morgan fingerprint density at radius 2 is 2.05 bits per heavy atom. The maximum Gasteiger partial charge on any atom is 0.274 e. The van der Waals surface area contributed by atoms with Gasteiger partial charge in [0.05, 0.1) is 17.0 Å². The second-order valence-corrected chi connectivity index (χ2v) is 4.66. The number of aliphatic hydroxyl groups is 1. The monoisotopic (exact) mass is 280 g/mol. The minimum atomic E-state index is -0.761. The summed E-state index contributed by atoms with van der Waals surface area (Å²) >= 11 is 0. The van der Waals surface area contributed by atoms with E-state index in [2.05, 4.69) is 9.97 Å². The molecule has 1 unspecified atom stereocenters. The zero-order chi connectivity index (χ0) is 14.8. The molecule has 0 fully saturated rings. The van der Waals surface area contributed by atoms with Gasteiger partial charge in [0.2, 0.25) is 0 Å². The Balaban J connectivity index is 2.04. The van der Waals surface area contributed by atoms with Gasteiger partial charge in [0, 0.05) is 6.08 Å². The van der Waals surface area contributed by atoms with Gasteiger partial charge in [-0.25, -0.2) is 4.98 Å². The van der Waals surface area contributed by atoms with Gasteiger partial charge in [0.25, 0.3) is 5.56 Å². The SMILES string of the molecule is O=C1C=CC=CC1/C(O)=C/c1nc2ccccc2[nH]c1=O. The lowest BCUT2D eigenvalue weighted by Gasteiger charge is -2.10. The first kappa shape index (κ1) is 13.1. The van der Waals surface area contributed by atoms with Gasteiger partial charge in [-0.05, 0) is 18.2 Å². The molecule has 1 aliphatic rings. The number of rotatable bonds is 2. The average molecular weight is 280 g/mol. The van der Waals surface area contributed by atoms with Gasteiger partial charge in [0.1, 0.15) is 11.5 Å². The van der Waals surface area contributed by atoms with Gasteiger partial charge in [-0.3, -0.25) is 9.59 Å². The topological polar surface area (TPSA) is 83.0 Å². The van der Waals surface area contributed by atoms with Crippen molar-refractivity contribution in [1.82, 2.24) is 9.97 Å². The van der Waals surface area contributed by atoms with Crippen LogP contribution in [0.3, 0.4) is 0 Å². The van der Waals surface area contributed by atoms with Gasteiger partial charge in [-0.1, -0.05) is 30.4 Å². The average Bonchev–Trinajstić information content (AvgIpc) is 2.48. The summed E-state index contributed by atoms with van der Waals surface area (Å²) in [6, 6.07) is 7.10. The summed E-state index contributed by atoms with van der Waals surface area (Å²) < 4.78 is 0. The first-order valence-electron chi connectivity index (χ1n) is 6.43. The molecule has 3 rings (SSSR count). The van der Waals surface area contributed by atoms with E-state index in [4.69, 9.17) is 0 Å². The molecule has 1 aromatic heterocycles. The number of ketones is 1. The smallest absolute Gasteiger partial charge is 0.274 e. The highest BCUT2D eigenvalue weighted by Gasteiger charge is 2.19. The second kappa shape index (κ2) is 5.20. The van der Waals surface area contributed by atoms with Crippen LogP contribution >= 0.6 is 0 Å². The van der Waals surface area contributed by atoms with E-state index in [-0.39, 0.29) is 17.2 Å². The zero-order valence-corrected chi connectivity index (χ0v) is 11.0. The Labute approximate surface area is 120 Å². The Morgan fingerprint density at radius 1 is 1.24 bits per heavy atom. The molecular formula is C16H12N2O3. The summed E-state index contributed by atoms with van der Waals surface area (Å²) in [5, 5.41) is 10.1. The number of aromatic nitrogens is 2. The molecule has 21 heavy (non-hydrogen) atoms. The molecule has 2 aromatic rings. The van der Waals surface area contributed by atoms with Crippen LogP contribution in [0.5, 0.6) is 0 Å². The molecule has 104 valence electrons. The highest BCUT2D eigenvalue weighted by molar-refractivity contribution is 5.96. The third-order valence-electron chi connectivity index (χ3n) is 3.21. The normalized spacial score (nSPS) is 18.4. The number of hydrogen-bond acceptors (Lipinski definition) is 4. The third-order valence-corrected chi connectivity index (χ3v) is 3.21. The van der Waals surface area contributed by atoms with Crippen LogP contribution in [0.25, 0.3) is 17.1 Å². The lowest BCUT2D eigenvalue weighted by Crippen LogP contribution is -2.16. The van der Waals surface area contributed by atoms with Crippen LogP contribution in [0.1, 0.15) is 5.69 Å². The number of carbonyl (C=O) groups is 1. The van der Waals surface area contributed by atoms with Crippen molar-refractivity contribution in [2.45, 2.75) is 0 Å². The molecule has 5 nitrogen and oxygen atoms in total. The van der Waals surface area contributed by atoms with Crippen molar-refractivity contribution in [3.05, 3.63) is 70.4 Å². The molecule has 0 saturated heterocycles. The van der Waals surface area contributed by atoms with Crippen LogP contribution in [0.15, 0.2) is 59.1 Å². The van der Waals surface area contributed by atoms with Gasteiger partial charge in [-0.2, -0.15) is 0 Å². The summed E-state index contributed by atoms with van der Waals surface area (Å²) in [5.41, 5.74) is 0.891. The molecule has 1 aromatic carbocycles.